The Morgan fingerprint density at radius 1 is 1.71 bits per heavy atom. The van der Waals surface area contributed by atoms with E-state index in [2.05, 4.69) is 10.6 Å². The van der Waals surface area contributed by atoms with Crippen LogP contribution in [-0.2, 0) is 9.59 Å². The van der Waals surface area contributed by atoms with Crippen LogP contribution in [0.4, 0.5) is 5.69 Å². The molecule has 1 atom stereocenters. The average molecular weight is 210 g/mol. The lowest BCUT2D eigenvalue weighted by atomic mass is 9.98. The van der Waals surface area contributed by atoms with E-state index in [0.717, 1.165) is 10.6 Å². The quantitative estimate of drug-likeness (QED) is 0.729. The van der Waals surface area contributed by atoms with Gasteiger partial charge in [0.15, 0.2) is 0 Å². The van der Waals surface area contributed by atoms with Gasteiger partial charge in [0.1, 0.15) is 0 Å². The Bertz CT molecular complexity index is 361. The minimum Gasteiger partial charge on any atom is -0.358 e. The number of nitrogens with one attached hydrogen (secondary N) is 2. The smallest absolute Gasteiger partial charge is 0.225 e. The van der Waals surface area contributed by atoms with Crippen molar-refractivity contribution in [2.45, 2.75) is 12.3 Å². The lowest BCUT2D eigenvalue weighted by Crippen LogP contribution is -2.28. The van der Waals surface area contributed by atoms with Gasteiger partial charge < -0.3 is 10.6 Å². The molecule has 0 spiro atoms. The molecule has 0 saturated heterocycles. The van der Waals surface area contributed by atoms with Crippen LogP contribution in [0.5, 0.6) is 0 Å². The van der Waals surface area contributed by atoms with Gasteiger partial charge in [0.2, 0.25) is 12.3 Å². The third-order valence-electron chi connectivity index (χ3n) is 2.22. The number of carbonyl (C=O) groups excluding carboxylic acids is 2. The summed E-state index contributed by atoms with van der Waals surface area (Å²) < 4.78 is 0. The Labute approximate surface area is 85.3 Å². The van der Waals surface area contributed by atoms with Crippen LogP contribution in [0, 0.1) is 0 Å². The lowest BCUT2D eigenvalue weighted by Gasteiger charge is -2.21. The number of carbonyl (C=O) groups is 2. The first-order valence-corrected chi connectivity index (χ1v) is 5.23. The number of anilines is 1. The normalized spacial score (nSPS) is 19.7. The predicted octanol–water partition coefficient (Wildman–Crippen LogP) is 0.920. The molecule has 1 unspecified atom stereocenters. The highest BCUT2D eigenvalue weighted by Gasteiger charge is 2.25. The zero-order chi connectivity index (χ0) is 9.97. The van der Waals surface area contributed by atoms with E-state index in [-0.39, 0.29) is 11.8 Å². The largest absolute Gasteiger partial charge is 0.358 e. The predicted molar refractivity (Wildman–Crippen MR) is 54.4 cm³/mol. The molecule has 74 valence electrons. The van der Waals surface area contributed by atoms with Gasteiger partial charge >= 0.3 is 0 Å². The lowest BCUT2D eigenvalue weighted by molar-refractivity contribution is -0.117. The first kappa shape index (κ1) is 9.21. The van der Waals surface area contributed by atoms with Crippen molar-refractivity contribution in [2.24, 2.45) is 0 Å². The SMILES string of the molecule is O=CNCC1CC(=O)Nc2ccsc21. The summed E-state index contributed by atoms with van der Waals surface area (Å²) >= 11 is 1.62. The second-order valence-corrected chi connectivity index (χ2v) is 4.12. The fourth-order valence-corrected chi connectivity index (χ4v) is 2.57. The summed E-state index contributed by atoms with van der Waals surface area (Å²) in [5, 5.41) is 7.37. The fraction of sp³-hybridized carbons (Fsp3) is 0.333. The second kappa shape index (κ2) is 3.79. The van der Waals surface area contributed by atoms with Gasteiger partial charge in [-0.15, -0.1) is 11.3 Å². The second-order valence-electron chi connectivity index (χ2n) is 3.17. The molecule has 0 radical (unpaired) electrons. The molecule has 2 N–H and O–H groups in total. The van der Waals surface area contributed by atoms with Crippen molar-refractivity contribution in [3.8, 4) is 0 Å². The minimum absolute atomic E-state index is 0.0219. The van der Waals surface area contributed by atoms with Crippen molar-refractivity contribution >= 4 is 29.3 Å². The molecule has 5 heteroatoms. The summed E-state index contributed by atoms with van der Waals surface area (Å²) in [5.41, 5.74) is 0.893. The monoisotopic (exact) mass is 210 g/mol. The molecule has 1 aromatic heterocycles. The van der Waals surface area contributed by atoms with E-state index in [4.69, 9.17) is 0 Å². The molecule has 0 aromatic carbocycles. The van der Waals surface area contributed by atoms with Crippen LogP contribution in [0.15, 0.2) is 11.4 Å². The summed E-state index contributed by atoms with van der Waals surface area (Å²) in [5.74, 6) is 0.151. The number of thiophene rings is 1. The van der Waals surface area contributed by atoms with Crippen LogP contribution in [0.1, 0.15) is 17.2 Å². The zero-order valence-corrected chi connectivity index (χ0v) is 8.26. The van der Waals surface area contributed by atoms with Crippen LogP contribution < -0.4 is 10.6 Å². The third kappa shape index (κ3) is 1.63. The molecule has 0 fully saturated rings. The van der Waals surface area contributed by atoms with Gasteiger partial charge in [0.05, 0.1) is 5.69 Å². The third-order valence-corrected chi connectivity index (χ3v) is 3.30. The molecule has 1 aromatic rings. The van der Waals surface area contributed by atoms with Gasteiger partial charge in [-0.25, -0.2) is 0 Å². The van der Waals surface area contributed by atoms with Crippen LogP contribution in [0.2, 0.25) is 0 Å². The molecule has 1 aliphatic rings. The number of amides is 2. The molecule has 2 rings (SSSR count). The molecule has 2 heterocycles. The highest BCUT2D eigenvalue weighted by molar-refractivity contribution is 7.10. The molecule has 4 nitrogen and oxygen atoms in total. The maximum Gasteiger partial charge on any atom is 0.225 e. The van der Waals surface area contributed by atoms with Crippen molar-refractivity contribution in [1.82, 2.24) is 5.32 Å². The molecule has 14 heavy (non-hydrogen) atoms. The first-order valence-electron chi connectivity index (χ1n) is 4.35. The average Bonchev–Trinajstić information content (AvgIpc) is 2.61. The molecule has 0 saturated carbocycles. The topological polar surface area (TPSA) is 58.2 Å². The summed E-state index contributed by atoms with van der Waals surface area (Å²) in [6.45, 7) is 0.532. The molecule has 1 aliphatic heterocycles. The summed E-state index contributed by atoms with van der Waals surface area (Å²) in [7, 11) is 0. The maximum atomic E-state index is 11.3. The Kier molecular flexibility index (Phi) is 2.49. The molecule has 0 bridgehead atoms. The molecule has 0 aliphatic carbocycles. The van der Waals surface area contributed by atoms with Crippen molar-refractivity contribution < 1.29 is 9.59 Å². The summed E-state index contributed by atoms with van der Waals surface area (Å²) in [4.78, 5) is 22.6. The highest BCUT2D eigenvalue weighted by Crippen LogP contribution is 2.35. The van der Waals surface area contributed by atoms with E-state index in [0.29, 0.717) is 19.4 Å². The van der Waals surface area contributed by atoms with Gasteiger partial charge in [-0.3, -0.25) is 9.59 Å². The van der Waals surface area contributed by atoms with Crippen LogP contribution >= 0.6 is 11.3 Å². The van der Waals surface area contributed by atoms with Crippen molar-refractivity contribution in [3.63, 3.8) is 0 Å². The highest BCUT2D eigenvalue weighted by atomic mass is 32.1. The summed E-state index contributed by atoms with van der Waals surface area (Å²) in [6.07, 6.45) is 1.12. The molecule has 2 amide bonds. The van der Waals surface area contributed by atoms with Crippen molar-refractivity contribution in [2.75, 3.05) is 11.9 Å². The van der Waals surface area contributed by atoms with Crippen LogP contribution in [-0.4, -0.2) is 18.9 Å². The van der Waals surface area contributed by atoms with E-state index in [1.165, 1.54) is 0 Å². The van der Waals surface area contributed by atoms with E-state index in [1.807, 2.05) is 11.4 Å². The Hall–Kier alpha value is -1.36. The Morgan fingerprint density at radius 3 is 3.36 bits per heavy atom. The Morgan fingerprint density at radius 2 is 2.57 bits per heavy atom. The van der Waals surface area contributed by atoms with Crippen molar-refractivity contribution in [1.29, 1.82) is 0 Å². The van der Waals surface area contributed by atoms with E-state index in [9.17, 15) is 9.59 Å². The standard InChI is InChI=1S/C9H10N2O2S/c12-5-10-4-6-3-8(13)11-7-1-2-14-9(6)7/h1-2,5-6H,3-4H2,(H,10,12)(H,11,13). The van der Waals surface area contributed by atoms with E-state index in [1.54, 1.807) is 11.3 Å². The van der Waals surface area contributed by atoms with Crippen LogP contribution in [0.25, 0.3) is 0 Å². The molecular weight excluding hydrogens is 200 g/mol. The van der Waals surface area contributed by atoms with Gasteiger partial charge in [-0.05, 0) is 11.4 Å². The molecular formula is C9H10N2O2S. The van der Waals surface area contributed by atoms with Gasteiger partial charge in [-0.2, -0.15) is 0 Å². The van der Waals surface area contributed by atoms with Gasteiger partial charge in [0.25, 0.3) is 0 Å². The van der Waals surface area contributed by atoms with E-state index >= 15 is 0 Å². The van der Waals surface area contributed by atoms with Crippen molar-refractivity contribution in [3.05, 3.63) is 16.3 Å². The number of hydrogen-bond donors (Lipinski definition) is 2. The maximum absolute atomic E-state index is 11.3. The Balaban J connectivity index is 2.19. The van der Waals surface area contributed by atoms with Gasteiger partial charge in [-0.1, -0.05) is 0 Å². The number of fused-ring (bicyclic) bond motifs is 1. The van der Waals surface area contributed by atoms with E-state index < -0.39 is 0 Å². The first-order chi connectivity index (χ1) is 6.81. The number of rotatable bonds is 3. The van der Waals surface area contributed by atoms with Crippen LogP contribution in [0.3, 0.4) is 0 Å². The van der Waals surface area contributed by atoms with Gasteiger partial charge in [0, 0.05) is 23.8 Å². The minimum atomic E-state index is 0.0219. The zero-order valence-electron chi connectivity index (χ0n) is 7.45. The summed E-state index contributed by atoms with van der Waals surface area (Å²) in [6, 6.07) is 1.89. The fourth-order valence-electron chi connectivity index (χ4n) is 1.61. The number of hydrogen-bond acceptors (Lipinski definition) is 3.